The van der Waals surface area contributed by atoms with E-state index in [1.165, 1.54) is 25.7 Å². The lowest BCUT2D eigenvalue weighted by Crippen LogP contribution is -2.25. The van der Waals surface area contributed by atoms with E-state index in [9.17, 15) is 4.79 Å². The number of thiocarbonyl (C=S) groups is 1. The van der Waals surface area contributed by atoms with Crippen LogP contribution < -0.4 is 11.1 Å². The number of amides is 1. The van der Waals surface area contributed by atoms with Crippen LogP contribution in [0.5, 0.6) is 0 Å². The number of rotatable bonds is 5. The van der Waals surface area contributed by atoms with Crippen molar-refractivity contribution in [1.82, 2.24) is 5.32 Å². The maximum absolute atomic E-state index is 11.9. The molecule has 1 aromatic rings. The Morgan fingerprint density at radius 1 is 1.21 bits per heavy atom. The van der Waals surface area contributed by atoms with E-state index in [1.54, 1.807) is 24.3 Å². The zero-order valence-corrected chi connectivity index (χ0v) is 11.8. The van der Waals surface area contributed by atoms with Gasteiger partial charge < -0.3 is 11.1 Å². The second-order valence-corrected chi connectivity index (χ2v) is 5.58. The summed E-state index contributed by atoms with van der Waals surface area (Å²) < 4.78 is 0. The molecule has 1 fully saturated rings. The molecule has 0 aliphatic heterocycles. The van der Waals surface area contributed by atoms with E-state index in [-0.39, 0.29) is 5.91 Å². The average molecular weight is 276 g/mol. The van der Waals surface area contributed by atoms with Crippen molar-refractivity contribution in [3.8, 4) is 0 Å². The Morgan fingerprint density at radius 3 is 2.37 bits per heavy atom. The molecule has 1 aliphatic rings. The minimum absolute atomic E-state index is 0.0208. The van der Waals surface area contributed by atoms with Crippen LogP contribution in [0.15, 0.2) is 24.3 Å². The Balaban J connectivity index is 1.80. The minimum Gasteiger partial charge on any atom is -0.389 e. The predicted molar refractivity (Wildman–Crippen MR) is 81.2 cm³/mol. The number of nitrogens with two attached hydrogens (primary N) is 1. The SMILES string of the molecule is NC(=S)c1ccc(C(=O)NCCC2CCCC2)cc1. The molecule has 1 amide bonds. The van der Waals surface area contributed by atoms with Crippen LogP contribution in [0.1, 0.15) is 48.0 Å². The van der Waals surface area contributed by atoms with Crippen LogP contribution in [0, 0.1) is 5.92 Å². The molecule has 2 rings (SSSR count). The lowest BCUT2D eigenvalue weighted by atomic mass is 10.0. The monoisotopic (exact) mass is 276 g/mol. The zero-order valence-electron chi connectivity index (χ0n) is 11.0. The van der Waals surface area contributed by atoms with Crippen molar-refractivity contribution in [3.05, 3.63) is 35.4 Å². The lowest BCUT2D eigenvalue weighted by Gasteiger charge is -2.10. The van der Waals surface area contributed by atoms with Gasteiger partial charge in [0, 0.05) is 17.7 Å². The highest BCUT2D eigenvalue weighted by atomic mass is 32.1. The molecule has 19 heavy (non-hydrogen) atoms. The Kier molecular flexibility index (Phi) is 4.91. The molecule has 0 atom stereocenters. The van der Waals surface area contributed by atoms with E-state index in [0.29, 0.717) is 10.6 Å². The van der Waals surface area contributed by atoms with Gasteiger partial charge in [0.15, 0.2) is 0 Å². The van der Waals surface area contributed by atoms with E-state index in [0.717, 1.165) is 24.4 Å². The van der Waals surface area contributed by atoms with Crippen molar-refractivity contribution in [2.24, 2.45) is 11.7 Å². The van der Waals surface area contributed by atoms with Crippen LogP contribution in [0.3, 0.4) is 0 Å². The quantitative estimate of drug-likeness (QED) is 0.813. The van der Waals surface area contributed by atoms with Gasteiger partial charge in [-0.3, -0.25) is 4.79 Å². The van der Waals surface area contributed by atoms with Gasteiger partial charge in [-0.1, -0.05) is 50.0 Å². The van der Waals surface area contributed by atoms with Gasteiger partial charge in [0.25, 0.3) is 5.91 Å². The standard InChI is InChI=1S/C15H20N2OS/c16-14(19)12-5-7-13(8-6-12)15(18)17-10-9-11-3-1-2-4-11/h5-8,11H,1-4,9-10H2,(H2,16,19)(H,17,18). The van der Waals surface area contributed by atoms with Crippen molar-refractivity contribution >= 4 is 23.1 Å². The van der Waals surface area contributed by atoms with E-state index in [1.807, 2.05) is 0 Å². The van der Waals surface area contributed by atoms with E-state index in [2.05, 4.69) is 5.32 Å². The lowest BCUT2D eigenvalue weighted by molar-refractivity contribution is 0.0951. The fraction of sp³-hybridized carbons (Fsp3) is 0.467. The van der Waals surface area contributed by atoms with Gasteiger partial charge in [0.2, 0.25) is 0 Å². The second-order valence-electron chi connectivity index (χ2n) is 5.14. The fourth-order valence-corrected chi connectivity index (χ4v) is 2.71. The Morgan fingerprint density at radius 2 is 1.79 bits per heavy atom. The highest BCUT2D eigenvalue weighted by molar-refractivity contribution is 7.80. The summed E-state index contributed by atoms with van der Waals surface area (Å²) in [6.07, 6.45) is 6.42. The third-order valence-electron chi connectivity index (χ3n) is 3.74. The number of hydrogen-bond acceptors (Lipinski definition) is 2. The first kappa shape index (κ1) is 14.0. The first-order valence-electron chi connectivity index (χ1n) is 6.85. The molecule has 3 nitrogen and oxygen atoms in total. The van der Waals surface area contributed by atoms with Crippen molar-refractivity contribution in [1.29, 1.82) is 0 Å². The molecule has 0 spiro atoms. The van der Waals surface area contributed by atoms with E-state index < -0.39 is 0 Å². The molecule has 102 valence electrons. The van der Waals surface area contributed by atoms with Crippen LogP contribution in [-0.2, 0) is 0 Å². The maximum Gasteiger partial charge on any atom is 0.251 e. The highest BCUT2D eigenvalue weighted by Gasteiger charge is 2.14. The Bertz CT molecular complexity index is 450. The van der Waals surface area contributed by atoms with Crippen LogP contribution >= 0.6 is 12.2 Å². The molecule has 1 aromatic carbocycles. The topological polar surface area (TPSA) is 55.1 Å². The van der Waals surface area contributed by atoms with E-state index >= 15 is 0 Å². The van der Waals surface area contributed by atoms with Crippen molar-refractivity contribution in [2.75, 3.05) is 6.54 Å². The first-order chi connectivity index (χ1) is 9.16. The second kappa shape index (κ2) is 6.66. The third-order valence-corrected chi connectivity index (χ3v) is 3.98. The normalized spacial score (nSPS) is 15.4. The summed E-state index contributed by atoms with van der Waals surface area (Å²) >= 11 is 4.88. The zero-order chi connectivity index (χ0) is 13.7. The molecule has 0 bridgehead atoms. The average Bonchev–Trinajstić information content (AvgIpc) is 2.92. The number of carbonyl (C=O) groups is 1. The molecule has 0 heterocycles. The molecule has 1 aliphatic carbocycles. The van der Waals surface area contributed by atoms with Crippen molar-refractivity contribution < 1.29 is 4.79 Å². The van der Waals surface area contributed by atoms with Gasteiger partial charge in [0.1, 0.15) is 4.99 Å². The number of nitrogens with one attached hydrogen (secondary N) is 1. The molecular weight excluding hydrogens is 256 g/mol. The molecule has 0 unspecified atom stereocenters. The summed E-state index contributed by atoms with van der Waals surface area (Å²) in [6.45, 7) is 0.764. The van der Waals surface area contributed by atoms with Crippen molar-refractivity contribution in [2.45, 2.75) is 32.1 Å². The third kappa shape index (κ3) is 4.03. The molecule has 4 heteroatoms. The maximum atomic E-state index is 11.9. The molecular formula is C15H20N2OS. The van der Waals surface area contributed by atoms with Crippen LogP contribution in [-0.4, -0.2) is 17.4 Å². The summed E-state index contributed by atoms with van der Waals surface area (Å²) in [4.78, 5) is 12.3. The summed E-state index contributed by atoms with van der Waals surface area (Å²) in [5.41, 5.74) is 6.97. The van der Waals surface area contributed by atoms with Gasteiger partial charge in [-0.05, 0) is 24.5 Å². The summed E-state index contributed by atoms with van der Waals surface area (Å²) in [7, 11) is 0. The number of carbonyl (C=O) groups excluding carboxylic acids is 1. The first-order valence-corrected chi connectivity index (χ1v) is 7.25. The molecule has 1 saturated carbocycles. The van der Waals surface area contributed by atoms with E-state index in [4.69, 9.17) is 18.0 Å². The predicted octanol–water partition coefficient (Wildman–Crippen LogP) is 2.63. The van der Waals surface area contributed by atoms with Crippen LogP contribution in [0.25, 0.3) is 0 Å². The largest absolute Gasteiger partial charge is 0.389 e. The smallest absolute Gasteiger partial charge is 0.251 e. The van der Waals surface area contributed by atoms with Gasteiger partial charge in [-0.25, -0.2) is 0 Å². The van der Waals surface area contributed by atoms with Crippen LogP contribution in [0.4, 0.5) is 0 Å². The molecule has 0 aromatic heterocycles. The summed E-state index contributed by atoms with van der Waals surface area (Å²) in [5.74, 6) is 0.782. The summed E-state index contributed by atoms with van der Waals surface area (Å²) in [5, 5.41) is 2.97. The van der Waals surface area contributed by atoms with Gasteiger partial charge >= 0.3 is 0 Å². The van der Waals surface area contributed by atoms with Gasteiger partial charge in [0.05, 0.1) is 0 Å². The molecule has 3 N–H and O–H groups in total. The summed E-state index contributed by atoms with van der Waals surface area (Å²) in [6, 6.07) is 7.10. The van der Waals surface area contributed by atoms with Gasteiger partial charge in [-0.15, -0.1) is 0 Å². The minimum atomic E-state index is -0.0208. The molecule has 0 saturated heterocycles. The van der Waals surface area contributed by atoms with Gasteiger partial charge in [-0.2, -0.15) is 0 Å². The fourth-order valence-electron chi connectivity index (χ4n) is 2.58. The number of hydrogen-bond donors (Lipinski definition) is 2. The van der Waals surface area contributed by atoms with Crippen molar-refractivity contribution in [3.63, 3.8) is 0 Å². The Hall–Kier alpha value is -1.42. The number of benzene rings is 1. The molecule has 0 radical (unpaired) electrons. The van der Waals surface area contributed by atoms with Crippen LogP contribution in [0.2, 0.25) is 0 Å². The highest BCUT2D eigenvalue weighted by Crippen LogP contribution is 2.26. The Labute approximate surface area is 119 Å².